The molecule has 0 amide bonds. The van der Waals surface area contributed by atoms with Crippen LogP contribution in [0.15, 0.2) is 30.5 Å². The fraction of sp³-hybridized carbons (Fsp3) is 0.100. The molecule has 2 aromatic rings. The largest absolute Gasteiger partial charge is 0.298 e. The molecule has 0 atom stereocenters. The van der Waals surface area contributed by atoms with Crippen LogP contribution < -0.4 is 0 Å². The van der Waals surface area contributed by atoms with Crippen LogP contribution in [0.5, 0.6) is 0 Å². The van der Waals surface area contributed by atoms with Crippen molar-refractivity contribution < 1.29 is 4.79 Å². The zero-order valence-corrected chi connectivity index (χ0v) is 7.71. The van der Waals surface area contributed by atoms with E-state index in [-0.39, 0.29) is 0 Å². The second-order valence-corrected chi connectivity index (χ2v) is 2.98. The standard InChI is InChI=1S/C10H9N3O/c1-13-10(6-11-12-13)9-4-2-8(7-14)3-5-9/h2-7H,1H3. The second-order valence-electron chi connectivity index (χ2n) is 2.98. The van der Waals surface area contributed by atoms with Gasteiger partial charge in [0.15, 0.2) is 0 Å². The maximum absolute atomic E-state index is 10.4. The second kappa shape index (κ2) is 3.41. The van der Waals surface area contributed by atoms with Gasteiger partial charge in [-0.05, 0) is 0 Å². The third-order valence-electron chi connectivity index (χ3n) is 2.06. The average molecular weight is 187 g/mol. The summed E-state index contributed by atoms with van der Waals surface area (Å²) in [5, 5.41) is 7.62. The molecule has 4 nitrogen and oxygen atoms in total. The molecule has 4 heteroatoms. The van der Waals surface area contributed by atoms with Gasteiger partial charge >= 0.3 is 0 Å². The van der Waals surface area contributed by atoms with E-state index < -0.39 is 0 Å². The molecule has 0 saturated heterocycles. The Morgan fingerprint density at radius 1 is 1.29 bits per heavy atom. The highest BCUT2D eigenvalue weighted by molar-refractivity contribution is 5.76. The number of carbonyl (C=O) groups is 1. The maximum Gasteiger partial charge on any atom is 0.150 e. The van der Waals surface area contributed by atoms with E-state index in [4.69, 9.17) is 0 Å². The Balaban J connectivity index is 2.43. The highest BCUT2D eigenvalue weighted by Crippen LogP contribution is 2.16. The minimum absolute atomic E-state index is 0.670. The summed E-state index contributed by atoms with van der Waals surface area (Å²) in [6, 6.07) is 7.30. The Morgan fingerprint density at radius 2 is 2.00 bits per heavy atom. The van der Waals surface area contributed by atoms with Gasteiger partial charge in [-0.2, -0.15) is 0 Å². The fourth-order valence-corrected chi connectivity index (χ4v) is 1.28. The molecule has 1 aromatic carbocycles. The summed E-state index contributed by atoms with van der Waals surface area (Å²) in [4.78, 5) is 10.4. The number of hydrogen-bond acceptors (Lipinski definition) is 3. The van der Waals surface area contributed by atoms with Crippen molar-refractivity contribution in [3.8, 4) is 11.3 Å². The molecule has 0 bridgehead atoms. The van der Waals surface area contributed by atoms with Crippen LogP contribution in [0.1, 0.15) is 10.4 Å². The molecule has 2 rings (SSSR count). The van der Waals surface area contributed by atoms with Crippen LogP contribution in [0, 0.1) is 0 Å². The van der Waals surface area contributed by atoms with E-state index in [1.807, 2.05) is 19.2 Å². The van der Waals surface area contributed by atoms with Crippen LogP contribution in [0.3, 0.4) is 0 Å². The predicted molar refractivity (Wildman–Crippen MR) is 51.8 cm³/mol. The topological polar surface area (TPSA) is 47.8 Å². The van der Waals surface area contributed by atoms with Crippen molar-refractivity contribution in [2.45, 2.75) is 0 Å². The number of carbonyl (C=O) groups excluding carboxylic acids is 1. The summed E-state index contributed by atoms with van der Waals surface area (Å²) in [5.41, 5.74) is 2.61. The zero-order valence-electron chi connectivity index (χ0n) is 7.71. The van der Waals surface area contributed by atoms with Crippen molar-refractivity contribution in [3.05, 3.63) is 36.0 Å². The van der Waals surface area contributed by atoms with Crippen molar-refractivity contribution in [2.24, 2.45) is 7.05 Å². The lowest BCUT2D eigenvalue weighted by atomic mass is 10.1. The van der Waals surface area contributed by atoms with Gasteiger partial charge in [-0.1, -0.05) is 29.5 Å². The molecular formula is C10H9N3O. The van der Waals surface area contributed by atoms with E-state index in [1.165, 1.54) is 0 Å². The lowest BCUT2D eigenvalue weighted by molar-refractivity contribution is 0.112. The van der Waals surface area contributed by atoms with E-state index >= 15 is 0 Å². The molecule has 0 aliphatic rings. The molecule has 1 aromatic heterocycles. The van der Waals surface area contributed by atoms with Crippen molar-refractivity contribution in [1.29, 1.82) is 0 Å². The maximum atomic E-state index is 10.4. The fourth-order valence-electron chi connectivity index (χ4n) is 1.28. The third-order valence-corrected chi connectivity index (χ3v) is 2.06. The van der Waals surface area contributed by atoms with Gasteiger partial charge in [0.05, 0.1) is 11.9 Å². The number of aromatic nitrogens is 3. The van der Waals surface area contributed by atoms with Crippen molar-refractivity contribution in [1.82, 2.24) is 15.0 Å². The lowest BCUT2D eigenvalue weighted by Crippen LogP contribution is -1.93. The number of hydrogen-bond donors (Lipinski definition) is 0. The molecule has 0 radical (unpaired) electrons. The van der Waals surface area contributed by atoms with Gasteiger partial charge in [0.1, 0.15) is 6.29 Å². The highest BCUT2D eigenvalue weighted by Gasteiger charge is 2.02. The molecule has 0 N–H and O–H groups in total. The number of rotatable bonds is 2. The number of nitrogens with zero attached hydrogens (tertiary/aromatic N) is 3. The van der Waals surface area contributed by atoms with E-state index in [2.05, 4.69) is 10.3 Å². The summed E-state index contributed by atoms with van der Waals surface area (Å²) < 4.78 is 1.69. The first-order valence-electron chi connectivity index (χ1n) is 4.21. The Bertz CT molecular complexity index is 445. The number of aryl methyl sites for hydroxylation is 1. The summed E-state index contributed by atoms with van der Waals surface area (Å²) in [6.45, 7) is 0. The minimum Gasteiger partial charge on any atom is -0.298 e. The summed E-state index contributed by atoms with van der Waals surface area (Å²) in [6.07, 6.45) is 2.52. The van der Waals surface area contributed by atoms with Crippen LogP contribution in [0.2, 0.25) is 0 Å². The van der Waals surface area contributed by atoms with Gasteiger partial charge in [-0.3, -0.25) is 4.79 Å². The monoisotopic (exact) mass is 187 g/mol. The quantitative estimate of drug-likeness (QED) is 0.665. The Labute approximate surface area is 81.2 Å². The zero-order chi connectivity index (χ0) is 9.97. The van der Waals surface area contributed by atoms with Crippen LogP contribution >= 0.6 is 0 Å². The van der Waals surface area contributed by atoms with E-state index in [1.54, 1.807) is 23.0 Å². The van der Waals surface area contributed by atoms with Crippen LogP contribution in [-0.4, -0.2) is 21.3 Å². The normalized spacial score (nSPS) is 10.1. The smallest absolute Gasteiger partial charge is 0.150 e. The van der Waals surface area contributed by atoms with Gasteiger partial charge < -0.3 is 0 Å². The molecule has 0 unspecified atom stereocenters. The number of aldehydes is 1. The lowest BCUT2D eigenvalue weighted by Gasteiger charge is -1.99. The Morgan fingerprint density at radius 3 is 2.50 bits per heavy atom. The molecule has 0 aliphatic carbocycles. The van der Waals surface area contributed by atoms with Gasteiger partial charge in [0, 0.05) is 18.2 Å². The molecular weight excluding hydrogens is 178 g/mol. The highest BCUT2D eigenvalue weighted by atomic mass is 16.1. The van der Waals surface area contributed by atoms with E-state index in [0.29, 0.717) is 5.56 Å². The number of benzene rings is 1. The first-order chi connectivity index (χ1) is 6.81. The Kier molecular flexibility index (Phi) is 2.10. The molecule has 14 heavy (non-hydrogen) atoms. The molecule has 1 heterocycles. The Hall–Kier alpha value is -1.97. The molecule has 0 aliphatic heterocycles. The van der Waals surface area contributed by atoms with Crippen molar-refractivity contribution in [2.75, 3.05) is 0 Å². The minimum atomic E-state index is 0.670. The van der Waals surface area contributed by atoms with E-state index in [0.717, 1.165) is 17.5 Å². The average Bonchev–Trinajstić information content (AvgIpc) is 2.65. The molecule has 70 valence electrons. The molecule has 0 fully saturated rings. The molecule has 0 spiro atoms. The van der Waals surface area contributed by atoms with Crippen molar-refractivity contribution >= 4 is 6.29 Å². The van der Waals surface area contributed by atoms with Gasteiger partial charge in [-0.15, -0.1) is 5.10 Å². The van der Waals surface area contributed by atoms with Crippen LogP contribution in [-0.2, 0) is 7.05 Å². The molecule has 0 saturated carbocycles. The third kappa shape index (κ3) is 1.42. The van der Waals surface area contributed by atoms with Gasteiger partial charge in [0.2, 0.25) is 0 Å². The van der Waals surface area contributed by atoms with Crippen LogP contribution in [0.4, 0.5) is 0 Å². The summed E-state index contributed by atoms with van der Waals surface area (Å²) in [5.74, 6) is 0. The van der Waals surface area contributed by atoms with Gasteiger partial charge in [-0.25, -0.2) is 4.68 Å². The summed E-state index contributed by atoms with van der Waals surface area (Å²) in [7, 11) is 1.83. The predicted octanol–water partition coefficient (Wildman–Crippen LogP) is 1.29. The summed E-state index contributed by atoms with van der Waals surface area (Å²) >= 11 is 0. The van der Waals surface area contributed by atoms with Crippen molar-refractivity contribution in [3.63, 3.8) is 0 Å². The van der Waals surface area contributed by atoms with Gasteiger partial charge in [0.25, 0.3) is 0 Å². The van der Waals surface area contributed by atoms with Crippen LogP contribution in [0.25, 0.3) is 11.3 Å². The first-order valence-corrected chi connectivity index (χ1v) is 4.21. The van der Waals surface area contributed by atoms with E-state index in [9.17, 15) is 4.79 Å². The SMILES string of the molecule is Cn1nncc1-c1ccc(C=O)cc1. The first kappa shape index (κ1) is 8.62.